The van der Waals surface area contributed by atoms with Crippen molar-refractivity contribution in [2.24, 2.45) is 5.92 Å². The van der Waals surface area contributed by atoms with Crippen LogP contribution in [-0.4, -0.2) is 24.6 Å². The van der Waals surface area contributed by atoms with Gasteiger partial charge in [-0.25, -0.2) is 4.79 Å². The molecular weight excluding hydrogens is 147 g/mol. The zero-order valence-electron chi connectivity index (χ0n) is 6.46. The molecular formula is C7H13O2P. The molecule has 1 aliphatic heterocycles. The van der Waals surface area contributed by atoms with Crippen molar-refractivity contribution in [3.05, 3.63) is 0 Å². The summed E-state index contributed by atoms with van der Waals surface area (Å²) in [5.74, 6) is 0.471. The van der Waals surface area contributed by atoms with Crippen molar-refractivity contribution in [3.63, 3.8) is 0 Å². The molecule has 0 spiro atoms. The fourth-order valence-corrected chi connectivity index (χ4v) is 1.58. The molecule has 1 heterocycles. The van der Waals surface area contributed by atoms with Crippen molar-refractivity contribution in [3.8, 4) is 0 Å². The van der Waals surface area contributed by atoms with Gasteiger partial charge >= 0.3 is 5.71 Å². The summed E-state index contributed by atoms with van der Waals surface area (Å²) in [6.07, 6.45) is 2.21. The number of hydrogen-bond donors (Lipinski definition) is 0. The highest BCUT2D eigenvalue weighted by Gasteiger charge is 2.30. The van der Waals surface area contributed by atoms with Gasteiger partial charge in [-0.15, -0.1) is 0 Å². The SMILES string of the molecule is CC(C)COC(=O)P1CC1. The van der Waals surface area contributed by atoms with Crippen LogP contribution in [0.15, 0.2) is 0 Å². The molecule has 1 fully saturated rings. The predicted molar refractivity (Wildman–Crippen MR) is 42.8 cm³/mol. The standard InChI is InChI=1S/C7H13O2P/c1-6(2)5-9-7(8)10-3-4-10/h6H,3-5H2,1-2H3. The van der Waals surface area contributed by atoms with E-state index in [1.165, 1.54) is 0 Å². The lowest BCUT2D eigenvalue weighted by Gasteiger charge is -2.04. The van der Waals surface area contributed by atoms with E-state index in [0.717, 1.165) is 12.3 Å². The molecule has 0 aromatic rings. The van der Waals surface area contributed by atoms with Gasteiger partial charge in [0, 0.05) is 7.92 Å². The summed E-state index contributed by atoms with van der Waals surface area (Å²) in [6, 6.07) is 0. The minimum absolute atomic E-state index is 0.0729. The Bertz CT molecular complexity index is 130. The van der Waals surface area contributed by atoms with Crippen LogP contribution >= 0.6 is 7.92 Å². The van der Waals surface area contributed by atoms with Gasteiger partial charge in [0.25, 0.3) is 0 Å². The molecule has 0 radical (unpaired) electrons. The van der Waals surface area contributed by atoms with Gasteiger partial charge in [0.05, 0.1) is 6.61 Å². The lowest BCUT2D eigenvalue weighted by atomic mass is 10.2. The number of ether oxygens (including phenoxy) is 1. The Morgan fingerprint density at radius 1 is 1.60 bits per heavy atom. The van der Waals surface area contributed by atoms with Crippen LogP contribution in [0.5, 0.6) is 0 Å². The molecule has 0 aromatic carbocycles. The van der Waals surface area contributed by atoms with Crippen LogP contribution in [0.2, 0.25) is 0 Å². The predicted octanol–water partition coefficient (Wildman–Crippen LogP) is 2.27. The molecule has 10 heavy (non-hydrogen) atoms. The van der Waals surface area contributed by atoms with Crippen LogP contribution in [0.4, 0.5) is 4.79 Å². The topological polar surface area (TPSA) is 26.3 Å². The minimum atomic E-state index is -0.303. The third kappa shape index (κ3) is 2.66. The summed E-state index contributed by atoms with van der Waals surface area (Å²) < 4.78 is 5.02. The number of carbonyl (C=O) groups is 1. The Labute approximate surface area is 62.7 Å². The fourth-order valence-electron chi connectivity index (χ4n) is 0.562. The summed E-state index contributed by atoms with van der Waals surface area (Å²) in [4.78, 5) is 10.9. The van der Waals surface area contributed by atoms with Crippen LogP contribution in [0.3, 0.4) is 0 Å². The number of carbonyl (C=O) groups excluding carboxylic acids is 1. The molecule has 2 nitrogen and oxygen atoms in total. The average molecular weight is 160 g/mol. The van der Waals surface area contributed by atoms with Crippen LogP contribution < -0.4 is 0 Å². The molecule has 1 aliphatic rings. The van der Waals surface area contributed by atoms with E-state index >= 15 is 0 Å². The molecule has 1 rings (SSSR count). The number of rotatable bonds is 3. The van der Waals surface area contributed by atoms with Gasteiger partial charge in [-0.1, -0.05) is 13.8 Å². The van der Waals surface area contributed by atoms with Crippen LogP contribution in [0, 0.1) is 5.92 Å². The largest absolute Gasteiger partial charge is 0.462 e. The van der Waals surface area contributed by atoms with E-state index in [-0.39, 0.29) is 13.6 Å². The summed E-state index contributed by atoms with van der Waals surface area (Å²) in [5.41, 5.74) is 0.0729. The Morgan fingerprint density at radius 3 is 2.60 bits per heavy atom. The first-order chi connectivity index (χ1) is 4.70. The molecule has 0 amide bonds. The van der Waals surface area contributed by atoms with Crippen molar-refractivity contribution in [1.82, 2.24) is 0 Å². The van der Waals surface area contributed by atoms with Crippen LogP contribution in [-0.2, 0) is 4.74 Å². The van der Waals surface area contributed by atoms with E-state index in [1.807, 2.05) is 13.8 Å². The summed E-state index contributed by atoms with van der Waals surface area (Å²) in [5, 5.41) is 0. The van der Waals surface area contributed by atoms with E-state index in [9.17, 15) is 4.79 Å². The molecule has 0 aliphatic carbocycles. The summed E-state index contributed by atoms with van der Waals surface area (Å²) in [6.45, 7) is 4.69. The zero-order valence-corrected chi connectivity index (χ0v) is 7.36. The first kappa shape index (κ1) is 8.00. The van der Waals surface area contributed by atoms with Crippen LogP contribution in [0.25, 0.3) is 0 Å². The van der Waals surface area contributed by atoms with Crippen molar-refractivity contribution in [1.29, 1.82) is 0 Å². The Balaban J connectivity index is 2.06. The van der Waals surface area contributed by atoms with Gasteiger partial charge in [-0.3, -0.25) is 0 Å². The fraction of sp³-hybridized carbons (Fsp3) is 0.857. The maximum Gasteiger partial charge on any atom is 0.326 e. The summed E-state index contributed by atoms with van der Waals surface area (Å²) >= 11 is 0. The van der Waals surface area contributed by atoms with E-state index in [1.54, 1.807) is 0 Å². The lowest BCUT2D eigenvalue weighted by Crippen LogP contribution is -2.04. The van der Waals surface area contributed by atoms with Crippen LogP contribution in [0.1, 0.15) is 13.8 Å². The van der Waals surface area contributed by atoms with E-state index < -0.39 is 0 Å². The average Bonchev–Trinajstić information content (AvgIpc) is 2.63. The highest BCUT2D eigenvalue weighted by molar-refractivity contribution is 7.80. The minimum Gasteiger partial charge on any atom is -0.462 e. The smallest absolute Gasteiger partial charge is 0.326 e. The second kappa shape index (κ2) is 3.34. The molecule has 0 unspecified atom stereocenters. The quantitative estimate of drug-likeness (QED) is 0.592. The molecule has 0 saturated carbocycles. The monoisotopic (exact) mass is 160 g/mol. The molecule has 1 saturated heterocycles. The van der Waals surface area contributed by atoms with Gasteiger partial charge in [0.2, 0.25) is 0 Å². The Morgan fingerprint density at radius 2 is 2.20 bits per heavy atom. The maximum atomic E-state index is 10.9. The third-order valence-electron chi connectivity index (χ3n) is 1.25. The van der Waals surface area contributed by atoms with Gasteiger partial charge in [-0.05, 0) is 18.2 Å². The highest BCUT2D eigenvalue weighted by atomic mass is 31.1. The maximum absolute atomic E-state index is 10.9. The molecule has 0 aromatic heterocycles. The zero-order chi connectivity index (χ0) is 7.56. The first-order valence-corrected chi connectivity index (χ1v) is 5.33. The van der Waals surface area contributed by atoms with Gasteiger partial charge in [-0.2, -0.15) is 0 Å². The second-order valence-corrected chi connectivity index (χ2v) is 5.30. The van der Waals surface area contributed by atoms with Crippen molar-refractivity contribution >= 4 is 13.6 Å². The normalized spacial score (nSPS) is 17.5. The molecule has 0 atom stereocenters. The van der Waals surface area contributed by atoms with Crippen molar-refractivity contribution in [2.45, 2.75) is 13.8 Å². The summed E-state index contributed by atoms with van der Waals surface area (Å²) in [7, 11) is -0.303. The van der Waals surface area contributed by atoms with Crippen molar-refractivity contribution < 1.29 is 9.53 Å². The van der Waals surface area contributed by atoms with Gasteiger partial charge in [0.15, 0.2) is 0 Å². The molecule has 58 valence electrons. The van der Waals surface area contributed by atoms with E-state index in [0.29, 0.717) is 12.5 Å². The molecule has 0 N–H and O–H groups in total. The van der Waals surface area contributed by atoms with Gasteiger partial charge in [0.1, 0.15) is 0 Å². The van der Waals surface area contributed by atoms with E-state index in [4.69, 9.17) is 4.74 Å². The second-order valence-electron chi connectivity index (χ2n) is 2.96. The molecule has 3 heteroatoms. The highest BCUT2D eigenvalue weighted by Crippen LogP contribution is 2.51. The Hall–Kier alpha value is -0.100. The van der Waals surface area contributed by atoms with Gasteiger partial charge < -0.3 is 4.74 Å². The Kier molecular flexibility index (Phi) is 2.67. The number of hydrogen-bond acceptors (Lipinski definition) is 2. The van der Waals surface area contributed by atoms with E-state index in [2.05, 4.69) is 0 Å². The lowest BCUT2D eigenvalue weighted by molar-refractivity contribution is 0.159. The third-order valence-corrected chi connectivity index (χ3v) is 2.79. The van der Waals surface area contributed by atoms with Crippen molar-refractivity contribution in [2.75, 3.05) is 18.9 Å². The molecule has 0 bridgehead atoms. The first-order valence-electron chi connectivity index (χ1n) is 3.62.